The molecule has 6 amide bonds. The van der Waals surface area contributed by atoms with Gasteiger partial charge in [-0.1, -0.05) is 103 Å². The lowest BCUT2D eigenvalue weighted by Crippen LogP contribution is -2.73. The number of amides is 6. The Labute approximate surface area is 384 Å². The predicted molar refractivity (Wildman–Crippen MR) is 244 cm³/mol. The van der Waals surface area contributed by atoms with Crippen molar-refractivity contribution >= 4 is 41.5 Å². The molecule has 3 heterocycles. The number of halogens is 1. The fourth-order valence-corrected chi connectivity index (χ4v) is 14.9. The number of primary amides is 2. The van der Waals surface area contributed by atoms with Gasteiger partial charge in [0.25, 0.3) is 11.8 Å². The van der Waals surface area contributed by atoms with Gasteiger partial charge in [0.15, 0.2) is 0 Å². The third kappa shape index (κ3) is 6.33. The summed E-state index contributed by atoms with van der Waals surface area (Å²) >= 11 is 0. The summed E-state index contributed by atoms with van der Waals surface area (Å²) in [5.41, 5.74) is 8.20. The number of fused-ring (bicyclic) bond motifs is 8. The number of rotatable bonds is 11. The molecule has 5 unspecified atom stereocenters. The highest BCUT2D eigenvalue weighted by Crippen LogP contribution is 2.63. The van der Waals surface area contributed by atoms with Crippen LogP contribution in [0.5, 0.6) is 0 Å². The van der Waals surface area contributed by atoms with E-state index in [1.54, 1.807) is 82.3 Å². The number of nitrogens with two attached hydrogens (primary N) is 2. The molecule has 352 valence electrons. The number of anilines is 1. The highest BCUT2D eigenvalue weighted by atomic mass is 19.1. The van der Waals surface area contributed by atoms with Crippen LogP contribution in [0.4, 0.5) is 19.7 Å². The summed E-state index contributed by atoms with van der Waals surface area (Å²) in [6.07, 6.45) is 0.906. The fourth-order valence-electron chi connectivity index (χ4n) is 14.9. The normalized spacial score (nSPS) is 32.1. The van der Waals surface area contributed by atoms with Gasteiger partial charge in [0, 0.05) is 34.6 Å². The highest BCUT2D eigenvalue weighted by molar-refractivity contribution is 6.01. The third-order valence-corrected chi connectivity index (χ3v) is 16.9. The van der Waals surface area contributed by atoms with E-state index in [2.05, 4.69) is 39.2 Å². The Hall–Kier alpha value is -5.87. The van der Waals surface area contributed by atoms with Gasteiger partial charge >= 0.3 is 12.2 Å². The topological polar surface area (TPSA) is 229 Å². The highest BCUT2D eigenvalue weighted by Gasteiger charge is 2.70. The van der Waals surface area contributed by atoms with Gasteiger partial charge in [-0.05, 0) is 98.0 Å². The molecule has 66 heavy (non-hydrogen) atoms. The van der Waals surface area contributed by atoms with Crippen LogP contribution >= 0.6 is 0 Å². The van der Waals surface area contributed by atoms with Gasteiger partial charge in [0.2, 0.25) is 11.8 Å². The first-order valence-corrected chi connectivity index (χ1v) is 23.2. The molecule has 3 saturated heterocycles. The number of hydrogen-bond donors (Lipinski definition) is 6. The first-order valence-electron chi connectivity index (χ1n) is 23.2. The van der Waals surface area contributed by atoms with E-state index in [1.165, 1.54) is 12.1 Å². The predicted octanol–water partition coefficient (Wildman–Crippen LogP) is 6.11. The van der Waals surface area contributed by atoms with E-state index >= 15 is 14.0 Å². The van der Waals surface area contributed by atoms with E-state index in [-0.39, 0.29) is 5.92 Å². The maximum Gasteiger partial charge on any atom is 0.411 e. The van der Waals surface area contributed by atoms with Gasteiger partial charge in [-0.15, -0.1) is 0 Å². The monoisotopic (exact) mass is 907 g/mol. The molecule has 3 aliphatic heterocycles. The molecule has 9 atom stereocenters. The van der Waals surface area contributed by atoms with Crippen molar-refractivity contribution in [3.63, 3.8) is 0 Å². The molecule has 7 aliphatic rings. The summed E-state index contributed by atoms with van der Waals surface area (Å²) in [6, 6.07) is 19.2. The van der Waals surface area contributed by atoms with Gasteiger partial charge in [0.05, 0.1) is 17.4 Å². The van der Waals surface area contributed by atoms with Crippen LogP contribution in [0.2, 0.25) is 0 Å². The second kappa shape index (κ2) is 16.5. The number of carbonyl (C=O) groups excluding carboxylic acids is 4. The number of likely N-dealkylation sites (tertiary alicyclic amines) is 2. The van der Waals surface area contributed by atoms with Crippen LogP contribution < -0.4 is 27.0 Å². The minimum absolute atomic E-state index is 0.144. The van der Waals surface area contributed by atoms with Crippen molar-refractivity contribution in [3.8, 4) is 0 Å². The number of nitrogens with zero attached hydrogens (tertiary/aromatic N) is 3. The van der Waals surface area contributed by atoms with E-state index < -0.39 is 99.0 Å². The van der Waals surface area contributed by atoms with Gasteiger partial charge in [-0.3, -0.25) is 39.6 Å². The first-order chi connectivity index (χ1) is 31.2. The Kier molecular flexibility index (Phi) is 11.6. The molecule has 0 aromatic heterocycles. The molecular weight excluding hydrogens is 846 g/mol. The molecular formula is C50H62FN7O8. The summed E-state index contributed by atoms with van der Waals surface area (Å²) in [5, 5.41) is 24.8. The second-order valence-corrected chi connectivity index (χ2v) is 20.2. The Morgan fingerprint density at radius 2 is 1.18 bits per heavy atom. The fraction of sp³-hybridized carbons (Fsp3) is 0.520. The summed E-state index contributed by atoms with van der Waals surface area (Å²) in [4.78, 5) is 89.2. The Bertz CT molecular complexity index is 2460. The van der Waals surface area contributed by atoms with E-state index in [9.17, 15) is 29.4 Å². The minimum atomic E-state index is -1.76. The van der Waals surface area contributed by atoms with Crippen molar-refractivity contribution in [3.05, 3.63) is 101 Å². The molecule has 15 nitrogen and oxygen atoms in total. The lowest BCUT2D eigenvalue weighted by Gasteiger charge is -2.59. The van der Waals surface area contributed by atoms with Gasteiger partial charge < -0.3 is 26.6 Å². The zero-order valence-electron chi connectivity index (χ0n) is 38.5. The average Bonchev–Trinajstić information content (AvgIpc) is 3.95. The first kappa shape index (κ1) is 46.7. The molecule has 8 N–H and O–H groups in total. The molecule has 0 saturated carbocycles. The van der Waals surface area contributed by atoms with E-state index in [4.69, 9.17) is 11.5 Å². The van der Waals surface area contributed by atoms with E-state index in [0.717, 1.165) is 0 Å². The number of carbonyl (C=O) groups is 6. The summed E-state index contributed by atoms with van der Waals surface area (Å²) in [6.45, 7) is 12.1. The van der Waals surface area contributed by atoms with Crippen molar-refractivity contribution in [1.29, 1.82) is 0 Å². The zero-order chi connectivity index (χ0) is 47.9. The SMILES string of the molecule is CCC1C[C@@H](C2CCCN2[C@]2(C(=O)NC(=O)O)c3ccc(cc3)C(C(N)=O)C2(C)C)N(c2cccc(F)c2)[C@]1(CC)C1CCCN1[C@]1(C(=O)NC(=O)O)c2ccc(cc2)C(C(N)=O)C1(C)C. The van der Waals surface area contributed by atoms with Crippen molar-refractivity contribution in [1.82, 2.24) is 20.4 Å². The minimum Gasteiger partial charge on any atom is -0.465 e. The summed E-state index contributed by atoms with van der Waals surface area (Å²) < 4.78 is 15.9. The molecule has 0 radical (unpaired) electrons. The molecule has 16 heteroatoms. The standard InChI is InChI=1S/C50H62FN7O8/c1-7-30-26-36(35-14-10-24-56(35)49(42(61)54-44(63)64)31-20-16-28(17-21-31)38(40(52)59)46(49,3)4)58(34-13-9-12-33(51)27-34)48(30,8-2)37-15-11-25-57(37)50(43(62)55-45(65)66)32-22-18-29(19-23-32)39(41(53)60)47(50,5)6/h9,12-13,16-23,27,30,35-39H,7-8,10-11,14-15,24-26H2,1-6H3,(H2,52,59)(H2,53,60)(H,54,61)(H,55,62)(H,63,64)(H,65,66)/t30?,35?,36-,37?,38?,39?,48-,49-,50-/m0/s1. The number of benzene rings is 3. The second-order valence-electron chi connectivity index (χ2n) is 20.2. The number of carboxylic acid groups (broad SMARTS) is 2. The number of hydrogen-bond acceptors (Lipinski definition) is 9. The third-order valence-electron chi connectivity index (χ3n) is 16.9. The van der Waals surface area contributed by atoms with Crippen molar-refractivity contribution < 1.29 is 43.4 Å². The molecule has 3 aromatic rings. The van der Waals surface area contributed by atoms with E-state index in [1.807, 2.05) is 6.07 Å². The maximum absolute atomic E-state index is 15.9. The Morgan fingerprint density at radius 3 is 1.64 bits per heavy atom. The van der Waals surface area contributed by atoms with Crippen LogP contribution in [-0.4, -0.2) is 92.6 Å². The molecule has 0 spiro atoms. The van der Waals surface area contributed by atoms with E-state index in [0.29, 0.717) is 86.0 Å². The van der Waals surface area contributed by atoms with Crippen molar-refractivity contribution in [2.24, 2.45) is 28.2 Å². The molecule has 4 bridgehead atoms. The average molecular weight is 908 g/mol. The quantitative estimate of drug-likeness (QED) is 0.129. The van der Waals surface area contributed by atoms with Crippen LogP contribution in [0.1, 0.15) is 121 Å². The van der Waals surface area contributed by atoms with Crippen LogP contribution in [0.15, 0.2) is 72.8 Å². The molecule has 3 aromatic carbocycles. The lowest BCUT2D eigenvalue weighted by atomic mass is 9.59. The van der Waals surface area contributed by atoms with Crippen LogP contribution in [0, 0.1) is 22.6 Å². The number of imide groups is 2. The van der Waals surface area contributed by atoms with Crippen molar-refractivity contribution in [2.75, 3.05) is 18.0 Å². The number of nitrogens with one attached hydrogen (secondary N) is 2. The largest absolute Gasteiger partial charge is 0.465 e. The smallest absolute Gasteiger partial charge is 0.411 e. The Morgan fingerprint density at radius 1 is 0.697 bits per heavy atom. The molecule has 4 aliphatic carbocycles. The van der Waals surface area contributed by atoms with Crippen LogP contribution in [-0.2, 0) is 30.3 Å². The van der Waals surface area contributed by atoms with Gasteiger partial charge in [0.1, 0.15) is 16.9 Å². The van der Waals surface area contributed by atoms with Crippen LogP contribution in [0.3, 0.4) is 0 Å². The Balaban J connectivity index is 1.37. The zero-order valence-corrected chi connectivity index (χ0v) is 38.5. The van der Waals surface area contributed by atoms with Crippen LogP contribution in [0.25, 0.3) is 0 Å². The van der Waals surface area contributed by atoms with Crippen molar-refractivity contribution in [2.45, 2.75) is 133 Å². The molecule has 10 rings (SSSR count). The maximum atomic E-state index is 15.9. The molecule has 3 fully saturated rings. The van der Waals surface area contributed by atoms with Gasteiger partial charge in [-0.25, -0.2) is 14.0 Å². The summed E-state index contributed by atoms with van der Waals surface area (Å²) in [5.74, 6) is -5.55. The lowest BCUT2D eigenvalue weighted by molar-refractivity contribution is -0.152. The summed E-state index contributed by atoms with van der Waals surface area (Å²) in [7, 11) is 0. The van der Waals surface area contributed by atoms with Gasteiger partial charge in [-0.2, -0.15) is 0 Å².